The van der Waals surface area contributed by atoms with Gasteiger partial charge in [0.1, 0.15) is 0 Å². The van der Waals surface area contributed by atoms with E-state index in [1.807, 2.05) is 22.6 Å². The van der Waals surface area contributed by atoms with Gasteiger partial charge in [0, 0.05) is 21.1 Å². The predicted octanol–water partition coefficient (Wildman–Crippen LogP) is 2.00. The van der Waals surface area contributed by atoms with Gasteiger partial charge < -0.3 is 10.2 Å². The number of aliphatic hydroxyl groups is 1. The maximum atomic E-state index is 11.6. The molecule has 0 saturated heterocycles. The molecule has 1 aromatic carbocycles. The molecular formula is C11H11IO4. The number of hydrogen-bond acceptors (Lipinski definition) is 3. The second-order valence-electron chi connectivity index (χ2n) is 3.22. The lowest BCUT2D eigenvalue weighted by atomic mass is 9.98. The summed E-state index contributed by atoms with van der Waals surface area (Å²) >= 11 is 1.91. The predicted molar refractivity (Wildman–Crippen MR) is 66.4 cm³/mol. The van der Waals surface area contributed by atoms with Gasteiger partial charge in [0.2, 0.25) is 0 Å². The van der Waals surface area contributed by atoms with Crippen molar-refractivity contribution in [2.24, 2.45) is 0 Å². The fraction of sp³-hybridized carbons (Fsp3) is 0.273. The van der Waals surface area contributed by atoms with Gasteiger partial charge in [-0.1, -0.05) is 19.1 Å². The maximum absolute atomic E-state index is 11.6. The molecule has 0 saturated carbocycles. The molecule has 2 N–H and O–H groups in total. The monoisotopic (exact) mass is 334 g/mol. The van der Waals surface area contributed by atoms with Crippen LogP contribution in [0.4, 0.5) is 0 Å². The quantitative estimate of drug-likeness (QED) is 0.652. The molecule has 1 rings (SSSR count). The first-order chi connectivity index (χ1) is 7.49. The Hall–Kier alpha value is -0.950. The van der Waals surface area contributed by atoms with Crippen molar-refractivity contribution in [3.05, 3.63) is 32.9 Å². The van der Waals surface area contributed by atoms with E-state index in [0.29, 0.717) is 3.57 Å². The van der Waals surface area contributed by atoms with Crippen LogP contribution in [0.3, 0.4) is 0 Å². The molecule has 0 spiro atoms. The van der Waals surface area contributed by atoms with E-state index >= 15 is 0 Å². The van der Waals surface area contributed by atoms with Crippen LogP contribution < -0.4 is 0 Å². The van der Waals surface area contributed by atoms with E-state index < -0.39 is 12.1 Å². The summed E-state index contributed by atoms with van der Waals surface area (Å²) in [4.78, 5) is 22.4. The number of aliphatic carboxylic acids is 1. The molecule has 0 aliphatic rings. The van der Waals surface area contributed by atoms with Crippen LogP contribution in [0.15, 0.2) is 18.2 Å². The smallest absolute Gasteiger partial charge is 0.337 e. The largest absolute Gasteiger partial charge is 0.479 e. The van der Waals surface area contributed by atoms with Crippen molar-refractivity contribution in [1.29, 1.82) is 0 Å². The molecule has 4 nitrogen and oxygen atoms in total. The molecule has 0 radical (unpaired) electrons. The van der Waals surface area contributed by atoms with Gasteiger partial charge in [0.25, 0.3) is 0 Å². The molecule has 0 aliphatic heterocycles. The lowest BCUT2D eigenvalue weighted by Crippen LogP contribution is -2.16. The van der Waals surface area contributed by atoms with Crippen molar-refractivity contribution >= 4 is 34.3 Å². The molecule has 0 aromatic heterocycles. The zero-order valence-corrected chi connectivity index (χ0v) is 10.8. The van der Waals surface area contributed by atoms with Gasteiger partial charge in [-0.3, -0.25) is 4.79 Å². The highest BCUT2D eigenvalue weighted by Crippen LogP contribution is 2.25. The Morgan fingerprint density at radius 1 is 1.44 bits per heavy atom. The third kappa shape index (κ3) is 2.59. The first kappa shape index (κ1) is 13.1. The Labute approximate surface area is 106 Å². The molecule has 0 aliphatic carbocycles. The summed E-state index contributed by atoms with van der Waals surface area (Å²) in [5.74, 6) is -1.52. The lowest BCUT2D eigenvalue weighted by Gasteiger charge is -2.13. The van der Waals surface area contributed by atoms with Crippen LogP contribution >= 0.6 is 22.6 Å². The number of halogens is 1. The minimum absolute atomic E-state index is 0.172. The summed E-state index contributed by atoms with van der Waals surface area (Å²) in [6.45, 7) is 1.69. The highest BCUT2D eigenvalue weighted by Gasteiger charge is 2.24. The van der Waals surface area contributed by atoms with E-state index in [9.17, 15) is 14.7 Å². The number of rotatable bonds is 4. The summed E-state index contributed by atoms with van der Waals surface area (Å²) in [6, 6.07) is 4.87. The van der Waals surface area contributed by atoms with Crippen molar-refractivity contribution in [2.45, 2.75) is 19.4 Å². The molecule has 86 valence electrons. The Bertz CT molecular complexity index is 428. The van der Waals surface area contributed by atoms with Crippen molar-refractivity contribution in [3.8, 4) is 0 Å². The molecule has 1 atom stereocenters. The number of carboxylic acids is 1. The van der Waals surface area contributed by atoms with Crippen LogP contribution in [0.2, 0.25) is 0 Å². The number of carboxylic acid groups (broad SMARTS) is 1. The molecule has 0 fully saturated rings. The van der Waals surface area contributed by atoms with Crippen LogP contribution in [0, 0.1) is 3.57 Å². The normalized spacial score (nSPS) is 12.2. The average Bonchev–Trinajstić information content (AvgIpc) is 2.26. The second kappa shape index (κ2) is 5.40. The van der Waals surface area contributed by atoms with Crippen LogP contribution in [0.25, 0.3) is 0 Å². The average molecular weight is 334 g/mol. The Kier molecular flexibility index (Phi) is 4.43. The van der Waals surface area contributed by atoms with E-state index in [4.69, 9.17) is 5.11 Å². The van der Waals surface area contributed by atoms with Crippen molar-refractivity contribution in [1.82, 2.24) is 0 Å². The third-order valence-corrected chi connectivity index (χ3v) is 3.12. The summed E-state index contributed by atoms with van der Waals surface area (Å²) in [7, 11) is 0. The number of Topliss-reactive ketones (excluding diaryl/α,β-unsaturated/α-hetero) is 1. The second-order valence-corrected chi connectivity index (χ2v) is 4.38. The highest BCUT2D eigenvalue weighted by molar-refractivity contribution is 14.1. The van der Waals surface area contributed by atoms with Crippen molar-refractivity contribution < 1.29 is 19.8 Å². The molecular weight excluding hydrogens is 323 g/mol. The Balaban J connectivity index is 3.34. The molecule has 0 bridgehead atoms. The summed E-state index contributed by atoms with van der Waals surface area (Å²) in [6.07, 6.45) is -1.38. The third-order valence-electron chi connectivity index (χ3n) is 2.18. The lowest BCUT2D eigenvalue weighted by molar-refractivity contribution is -0.147. The number of aliphatic hydroxyl groups excluding tert-OH is 1. The van der Waals surface area contributed by atoms with Gasteiger partial charge in [-0.05, 0) is 28.7 Å². The zero-order valence-electron chi connectivity index (χ0n) is 8.61. The van der Waals surface area contributed by atoms with Gasteiger partial charge in [0.05, 0.1) is 0 Å². The van der Waals surface area contributed by atoms with Gasteiger partial charge in [-0.25, -0.2) is 4.79 Å². The van der Waals surface area contributed by atoms with Gasteiger partial charge >= 0.3 is 5.97 Å². The molecule has 1 aromatic rings. The maximum Gasteiger partial charge on any atom is 0.337 e. The number of carbonyl (C=O) groups excluding carboxylic acids is 1. The zero-order chi connectivity index (χ0) is 12.3. The van der Waals surface area contributed by atoms with E-state index in [1.54, 1.807) is 19.1 Å². The van der Waals surface area contributed by atoms with Gasteiger partial charge in [-0.2, -0.15) is 0 Å². The number of ketones is 1. The standard InChI is InChI=1S/C11H11IO4/c1-2-8(13)6-4-3-5-7(12)9(6)10(14)11(15)16/h3-5,10,14H,2H2,1H3,(H,15,16). The minimum atomic E-state index is -1.65. The number of hydrogen-bond donors (Lipinski definition) is 2. The van der Waals surface area contributed by atoms with Gasteiger partial charge in [0.15, 0.2) is 11.9 Å². The molecule has 0 amide bonds. The topological polar surface area (TPSA) is 74.6 Å². The summed E-state index contributed by atoms with van der Waals surface area (Å²) < 4.78 is 0.576. The van der Waals surface area contributed by atoms with Crippen LogP contribution in [0.5, 0.6) is 0 Å². The SMILES string of the molecule is CCC(=O)c1cccc(I)c1C(O)C(=O)O. The molecule has 16 heavy (non-hydrogen) atoms. The fourth-order valence-electron chi connectivity index (χ4n) is 1.37. The van der Waals surface area contributed by atoms with E-state index in [0.717, 1.165) is 0 Å². The van der Waals surface area contributed by atoms with Crippen molar-refractivity contribution in [2.75, 3.05) is 0 Å². The van der Waals surface area contributed by atoms with Crippen LogP contribution in [0.1, 0.15) is 35.4 Å². The van der Waals surface area contributed by atoms with Gasteiger partial charge in [-0.15, -0.1) is 0 Å². The minimum Gasteiger partial charge on any atom is -0.479 e. The summed E-state index contributed by atoms with van der Waals surface area (Å²) in [5.41, 5.74) is 0.465. The highest BCUT2D eigenvalue weighted by atomic mass is 127. The Morgan fingerprint density at radius 3 is 2.56 bits per heavy atom. The fourth-order valence-corrected chi connectivity index (χ4v) is 2.17. The van der Waals surface area contributed by atoms with E-state index in [1.165, 1.54) is 6.07 Å². The van der Waals surface area contributed by atoms with Crippen LogP contribution in [-0.4, -0.2) is 22.0 Å². The van der Waals surface area contributed by atoms with E-state index in [-0.39, 0.29) is 23.3 Å². The first-order valence-electron chi connectivity index (χ1n) is 4.71. The van der Waals surface area contributed by atoms with Crippen molar-refractivity contribution in [3.63, 3.8) is 0 Å². The molecule has 1 unspecified atom stereocenters. The van der Waals surface area contributed by atoms with Crippen LogP contribution in [-0.2, 0) is 4.79 Å². The number of benzene rings is 1. The summed E-state index contributed by atoms with van der Waals surface area (Å²) in [5, 5.41) is 18.3. The molecule has 5 heteroatoms. The van der Waals surface area contributed by atoms with E-state index in [2.05, 4.69) is 0 Å². The molecule has 0 heterocycles. The Morgan fingerprint density at radius 2 is 2.06 bits per heavy atom. The first-order valence-corrected chi connectivity index (χ1v) is 5.79. The number of carbonyl (C=O) groups is 2.